The van der Waals surface area contributed by atoms with Crippen molar-refractivity contribution >= 4 is 17.0 Å². The number of aromatic nitrogens is 2. The van der Waals surface area contributed by atoms with Gasteiger partial charge in [0.2, 0.25) is 17.7 Å². The number of hydrogen-bond acceptors (Lipinski definition) is 6. The van der Waals surface area contributed by atoms with Crippen LogP contribution in [0.2, 0.25) is 0 Å². The van der Waals surface area contributed by atoms with Gasteiger partial charge in [-0.15, -0.1) is 0 Å². The third-order valence-electron chi connectivity index (χ3n) is 4.76. The molecule has 1 fully saturated rings. The molecule has 2 atom stereocenters. The summed E-state index contributed by atoms with van der Waals surface area (Å²) in [5.74, 6) is -4.08. The van der Waals surface area contributed by atoms with E-state index >= 15 is 0 Å². The maximum absolute atomic E-state index is 14.3. The van der Waals surface area contributed by atoms with Crippen LogP contribution in [0.3, 0.4) is 0 Å². The van der Waals surface area contributed by atoms with Crippen LogP contribution < -0.4 is 14.8 Å². The fourth-order valence-corrected chi connectivity index (χ4v) is 3.01. The molecule has 1 aliphatic rings. The summed E-state index contributed by atoms with van der Waals surface area (Å²) in [7, 11) is 0. The number of halogens is 3. The van der Waals surface area contributed by atoms with Crippen molar-refractivity contribution in [1.82, 2.24) is 15.3 Å². The number of pyridine rings is 1. The predicted octanol–water partition coefficient (Wildman–Crippen LogP) is 3.97. The predicted molar refractivity (Wildman–Crippen MR) is 105 cm³/mol. The lowest BCUT2D eigenvalue weighted by molar-refractivity contribution is -0.119. The van der Waals surface area contributed by atoms with Gasteiger partial charge < -0.3 is 19.2 Å². The van der Waals surface area contributed by atoms with E-state index in [-0.39, 0.29) is 43.2 Å². The van der Waals surface area contributed by atoms with Crippen molar-refractivity contribution < 1.29 is 31.9 Å². The molecule has 0 bridgehead atoms. The molecule has 4 rings (SSSR count). The molecule has 2 aromatic heterocycles. The molecule has 10 heteroatoms. The molecule has 0 spiro atoms. The first-order chi connectivity index (χ1) is 14.7. The van der Waals surface area contributed by atoms with Crippen LogP contribution in [-0.2, 0) is 4.79 Å². The second-order valence-corrected chi connectivity index (χ2v) is 7.54. The molecule has 1 amide bonds. The molecule has 1 unspecified atom stereocenters. The van der Waals surface area contributed by atoms with Crippen LogP contribution in [0.4, 0.5) is 13.2 Å². The Bertz CT molecular complexity index is 1120. The minimum Gasteiger partial charge on any atom is -0.490 e. The van der Waals surface area contributed by atoms with E-state index in [1.807, 2.05) is 0 Å². The number of oxazole rings is 1. The molecular weight excluding hydrogens is 415 g/mol. The molecule has 2 heterocycles. The summed E-state index contributed by atoms with van der Waals surface area (Å²) in [4.78, 5) is 19.5. The normalized spacial score (nSPS) is 17.9. The zero-order chi connectivity index (χ0) is 22.2. The Balaban J connectivity index is 1.44. The van der Waals surface area contributed by atoms with Crippen LogP contribution in [0.15, 0.2) is 34.9 Å². The molecule has 1 N–H and O–H groups in total. The zero-order valence-corrected chi connectivity index (χ0v) is 16.8. The molecule has 7 nitrogen and oxygen atoms in total. The number of carbonyl (C=O) groups is 1. The molecule has 3 aromatic rings. The van der Waals surface area contributed by atoms with Crippen molar-refractivity contribution in [1.29, 1.82) is 0 Å². The lowest BCUT2D eigenvalue weighted by atomic mass is 10.2. The summed E-state index contributed by atoms with van der Waals surface area (Å²) >= 11 is 0. The summed E-state index contributed by atoms with van der Waals surface area (Å²) in [5, 5.41) is 2.70. The number of nitrogens with one attached hydrogen (secondary N) is 1. The first-order valence-electron chi connectivity index (χ1n) is 9.68. The minimum absolute atomic E-state index is 0.104. The van der Waals surface area contributed by atoms with E-state index in [1.54, 1.807) is 13.0 Å². The van der Waals surface area contributed by atoms with Gasteiger partial charge in [-0.1, -0.05) is 0 Å². The molecule has 0 radical (unpaired) electrons. The molecule has 1 aliphatic carbocycles. The quantitative estimate of drug-likeness (QED) is 0.576. The molecule has 1 saturated carbocycles. The summed E-state index contributed by atoms with van der Waals surface area (Å²) in [6, 6.07) is 5.42. The van der Waals surface area contributed by atoms with E-state index in [2.05, 4.69) is 15.3 Å². The van der Waals surface area contributed by atoms with Gasteiger partial charge in [-0.2, -0.15) is 0 Å². The number of amides is 1. The molecule has 164 valence electrons. The molecule has 0 aliphatic heterocycles. The number of fused-ring (bicyclic) bond motifs is 1. The van der Waals surface area contributed by atoms with E-state index in [0.717, 1.165) is 0 Å². The van der Waals surface area contributed by atoms with Crippen LogP contribution in [-0.4, -0.2) is 41.1 Å². The highest BCUT2D eigenvalue weighted by Gasteiger charge is 2.57. The van der Waals surface area contributed by atoms with Crippen molar-refractivity contribution in [2.45, 2.75) is 32.2 Å². The Hall–Kier alpha value is -3.30. The lowest BCUT2D eigenvalue weighted by Crippen LogP contribution is -2.35. The van der Waals surface area contributed by atoms with E-state index in [4.69, 9.17) is 13.9 Å². The molecule has 31 heavy (non-hydrogen) atoms. The highest BCUT2D eigenvalue weighted by Crippen LogP contribution is 2.48. The van der Waals surface area contributed by atoms with Crippen LogP contribution in [0.25, 0.3) is 22.6 Å². The number of alkyl halides is 2. The second kappa shape index (κ2) is 8.09. The van der Waals surface area contributed by atoms with Crippen molar-refractivity contribution in [2.24, 2.45) is 5.92 Å². The van der Waals surface area contributed by atoms with Crippen LogP contribution in [0.5, 0.6) is 11.6 Å². The number of rotatable bonds is 8. The average Bonchev–Trinajstić information content (AvgIpc) is 3.11. The van der Waals surface area contributed by atoms with Gasteiger partial charge in [0.05, 0.1) is 24.8 Å². The molecule has 1 aromatic carbocycles. The molecular formula is C21H20F3N3O4. The van der Waals surface area contributed by atoms with Crippen molar-refractivity contribution in [3.8, 4) is 23.1 Å². The highest BCUT2D eigenvalue weighted by atomic mass is 19.3. The second-order valence-electron chi connectivity index (χ2n) is 7.54. The highest BCUT2D eigenvalue weighted by molar-refractivity contribution is 5.76. The van der Waals surface area contributed by atoms with E-state index in [0.29, 0.717) is 22.5 Å². The van der Waals surface area contributed by atoms with Gasteiger partial charge in [0, 0.05) is 25.0 Å². The Morgan fingerprint density at radius 2 is 2.13 bits per heavy atom. The van der Waals surface area contributed by atoms with Gasteiger partial charge >= 0.3 is 0 Å². The van der Waals surface area contributed by atoms with Gasteiger partial charge in [0.15, 0.2) is 17.1 Å². The van der Waals surface area contributed by atoms with Gasteiger partial charge in [-0.3, -0.25) is 4.79 Å². The monoisotopic (exact) mass is 435 g/mol. The first kappa shape index (κ1) is 21.0. The lowest BCUT2D eigenvalue weighted by Gasteiger charge is -2.12. The average molecular weight is 435 g/mol. The van der Waals surface area contributed by atoms with Crippen LogP contribution >= 0.6 is 0 Å². The summed E-state index contributed by atoms with van der Waals surface area (Å²) in [6.07, 6.45) is 1.23. The Kier molecular flexibility index (Phi) is 5.47. The fraction of sp³-hybridized carbons (Fsp3) is 0.381. The van der Waals surface area contributed by atoms with Crippen molar-refractivity contribution in [2.75, 3.05) is 13.2 Å². The maximum Gasteiger partial charge on any atom is 0.255 e. The Morgan fingerprint density at radius 3 is 2.81 bits per heavy atom. The Morgan fingerprint density at radius 1 is 1.35 bits per heavy atom. The van der Waals surface area contributed by atoms with E-state index in [1.165, 1.54) is 31.3 Å². The van der Waals surface area contributed by atoms with E-state index < -0.39 is 17.7 Å². The fourth-order valence-electron chi connectivity index (χ4n) is 3.01. The Labute approximate surface area is 175 Å². The number of benzene rings is 1. The standard InChI is InChI=1S/C21H20F3N3O4/c1-11(26-12(2)28)9-30-19-6-18-16(8-25-19)27-20(31-18)13-3-4-17(15(22)5-13)29-10-14-7-21(14,23)24/h3-6,8,11,14H,7,9-10H2,1-2H3,(H,26,28)/t11-,14?/m0/s1. The number of ether oxygens (including phenoxy) is 2. The smallest absolute Gasteiger partial charge is 0.255 e. The number of nitrogens with zero attached hydrogens (tertiary/aromatic N) is 2. The van der Waals surface area contributed by atoms with Crippen molar-refractivity contribution in [3.05, 3.63) is 36.3 Å². The summed E-state index contributed by atoms with van der Waals surface area (Å²) < 4.78 is 56.6. The van der Waals surface area contributed by atoms with E-state index in [9.17, 15) is 18.0 Å². The largest absolute Gasteiger partial charge is 0.490 e. The number of hydrogen-bond donors (Lipinski definition) is 1. The third-order valence-corrected chi connectivity index (χ3v) is 4.76. The van der Waals surface area contributed by atoms with Crippen LogP contribution in [0, 0.1) is 11.7 Å². The summed E-state index contributed by atoms with van der Waals surface area (Å²) in [6.45, 7) is 3.20. The minimum atomic E-state index is -2.72. The topological polar surface area (TPSA) is 86.5 Å². The van der Waals surface area contributed by atoms with Crippen LogP contribution in [0.1, 0.15) is 20.3 Å². The van der Waals surface area contributed by atoms with Gasteiger partial charge in [-0.25, -0.2) is 23.1 Å². The third kappa shape index (κ3) is 4.89. The van der Waals surface area contributed by atoms with Gasteiger partial charge in [0.1, 0.15) is 12.1 Å². The van der Waals surface area contributed by atoms with Gasteiger partial charge in [0.25, 0.3) is 5.92 Å². The van der Waals surface area contributed by atoms with Crippen molar-refractivity contribution in [3.63, 3.8) is 0 Å². The maximum atomic E-state index is 14.3. The van der Waals surface area contributed by atoms with Gasteiger partial charge in [-0.05, 0) is 25.1 Å². The SMILES string of the molecule is CC(=O)N[C@@H](C)COc1cc2oc(-c3ccc(OCC4CC4(F)F)c(F)c3)nc2cn1. The number of carbonyl (C=O) groups excluding carboxylic acids is 1. The summed E-state index contributed by atoms with van der Waals surface area (Å²) in [5.41, 5.74) is 1.21. The molecule has 0 saturated heterocycles. The first-order valence-corrected chi connectivity index (χ1v) is 9.68. The zero-order valence-electron chi connectivity index (χ0n) is 16.8.